The van der Waals surface area contributed by atoms with Crippen LogP contribution in [0.2, 0.25) is 10.3 Å². The molecule has 2 N–H and O–H groups in total. The Balaban J connectivity index is 0.000000191. The largest absolute Gasteiger partial charge is 0.390 e. The number of rotatable bonds is 4. The van der Waals surface area contributed by atoms with Crippen LogP contribution in [0.4, 0.5) is 20.4 Å². The quantitative estimate of drug-likeness (QED) is 0.594. The van der Waals surface area contributed by atoms with Gasteiger partial charge in [0.25, 0.3) is 0 Å². The number of hydrogen-bond acceptors (Lipinski definition) is 8. The Morgan fingerprint density at radius 3 is 1.35 bits per heavy atom. The zero-order valence-electron chi connectivity index (χ0n) is 19.5. The Morgan fingerprint density at radius 1 is 0.735 bits per heavy atom. The first kappa shape index (κ1) is 26.7. The second-order valence-corrected chi connectivity index (χ2v) is 10.5. The number of nitrogens with zero attached hydrogens (tertiary/aromatic N) is 6. The lowest BCUT2D eigenvalue weighted by molar-refractivity contribution is -0.000910. The van der Waals surface area contributed by atoms with E-state index in [-0.39, 0.29) is 13.1 Å². The molecule has 2 aromatic heterocycles. The van der Waals surface area contributed by atoms with Crippen LogP contribution in [0.5, 0.6) is 0 Å². The highest BCUT2D eigenvalue weighted by atomic mass is 35.5. The van der Waals surface area contributed by atoms with Gasteiger partial charge in [-0.25, -0.2) is 28.7 Å². The summed E-state index contributed by atoms with van der Waals surface area (Å²) in [5.74, 6) is 0.353. The molecule has 0 radical (unpaired) electrons. The summed E-state index contributed by atoms with van der Waals surface area (Å²) in [5, 5.41) is 20.4. The van der Waals surface area contributed by atoms with E-state index in [1.165, 1.54) is 12.7 Å². The standard InChI is InChI=1S/2C11H15ClFN3O/c2*1-11(2,17)7-4-16(5-8(7)13)10-3-9(12)14-6-15-10/h2*3,6-8,17H,4-5H2,1-2H3/t2*7-,8+/m10/s1. The number of aliphatic hydroxyl groups is 2. The molecule has 12 heteroatoms. The summed E-state index contributed by atoms with van der Waals surface area (Å²) in [5.41, 5.74) is -2.07. The molecule has 2 aliphatic heterocycles. The number of alkyl halides is 2. The fourth-order valence-electron chi connectivity index (χ4n) is 4.23. The van der Waals surface area contributed by atoms with Crippen LogP contribution in [0.1, 0.15) is 27.7 Å². The van der Waals surface area contributed by atoms with Gasteiger partial charge in [0.15, 0.2) is 0 Å². The molecule has 4 atom stereocenters. The fraction of sp³-hybridized carbons (Fsp3) is 0.636. The lowest BCUT2D eigenvalue weighted by atomic mass is 9.89. The maximum absolute atomic E-state index is 13.8. The van der Waals surface area contributed by atoms with E-state index in [2.05, 4.69) is 19.9 Å². The van der Waals surface area contributed by atoms with E-state index in [4.69, 9.17) is 23.2 Å². The number of halogens is 4. The van der Waals surface area contributed by atoms with Gasteiger partial charge in [0.05, 0.1) is 24.3 Å². The van der Waals surface area contributed by atoms with E-state index < -0.39 is 35.4 Å². The van der Waals surface area contributed by atoms with Gasteiger partial charge in [-0.15, -0.1) is 0 Å². The van der Waals surface area contributed by atoms with Crippen molar-refractivity contribution in [3.05, 3.63) is 35.1 Å². The normalized spacial score (nSPS) is 25.4. The number of aromatic nitrogens is 4. The Hall–Kier alpha value is -1.88. The molecule has 0 unspecified atom stereocenters. The van der Waals surface area contributed by atoms with Crippen LogP contribution >= 0.6 is 23.2 Å². The van der Waals surface area contributed by atoms with Gasteiger partial charge in [0.1, 0.15) is 46.9 Å². The summed E-state index contributed by atoms with van der Waals surface area (Å²) < 4.78 is 27.7. The minimum absolute atomic E-state index is 0.224. The topological polar surface area (TPSA) is 98.5 Å². The van der Waals surface area contributed by atoms with Gasteiger partial charge in [-0.3, -0.25) is 0 Å². The van der Waals surface area contributed by atoms with Crippen LogP contribution in [0.15, 0.2) is 24.8 Å². The highest BCUT2D eigenvalue weighted by molar-refractivity contribution is 6.29. The van der Waals surface area contributed by atoms with Crippen LogP contribution in [-0.4, -0.2) is 79.9 Å². The van der Waals surface area contributed by atoms with Crippen molar-refractivity contribution in [1.82, 2.24) is 19.9 Å². The van der Waals surface area contributed by atoms with Gasteiger partial charge in [0, 0.05) is 37.1 Å². The van der Waals surface area contributed by atoms with Crippen molar-refractivity contribution in [2.45, 2.75) is 51.2 Å². The Bertz CT molecular complexity index is 897. The van der Waals surface area contributed by atoms with E-state index in [1.807, 2.05) is 0 Å². The van der Waals surface area contributed by atoms with Crippen molar-refractivity contribution in [2.24, 2.45) is 11.8 Å². The number of hydrogen-bond donors (Lipinski definition) is 2. The number of anilines is 2. The van der Waals surface area contributed by atoms with E-state index >= 15 is 0 Å². The summed E-state index contributed by atoms with van der Waals surface area (Å²) in [6.07, 6.45) is 0.567. The molecule has 0 bridgehead atoms. The Labute approximate surface area is 208 Å². The third-order valence-electron chi connectivity index (χ3n) is 6.20. The summed E-state index contributed by atoms with van der Waals surface area (Å²) in [7, 11) is 0. The summed E-state index contributed by atoms with van der Waals surface area (Å²) in [6.45, 7) is 7.81. The molecule has 188 valence electrons. The molecule has 0 amide bonds. The third kappa shape index (κ3) is 6.62. The minimum Gasteiger partial charge on any atom is -0.390 e. The predicted octanol–water partition coefficient (Wildman–Crippen LogP) is 3.35. The molecule has 2 saturated heterocycles. The molecule has 4 rings (SSSR count). The van der Waals surface area contributed by atoms with E-state index in [0.717, 1.165) is 0 Å². The zero-order chi connectivity index (χ0) is 25.3. The lowest BCUT2D eigenvalue weighted by Crippen LogP contribution is -2.37. The molecule has 34 heavy (non-hydrogen) atoms. The predicted molar refractivity (Wildman–Crippen MR) is 128 cm³/mol. The molecular formula is C22H30Cl2F2N6O2. The zero-order valence-corrected chi connectivity index (χ0v) is 21.0. The van der Waals surface area contributed by atoms with Crippen LogP contribution in [-0.2, 0) is 0 Å². The average molecular weight is 519 g/mol. The summed E-state index contributed by atoms with van der Waals surface area (Å²) >= 11 is 11.5. The van der Waals surface area contributed by atoms with Crippen LogP contribution in [0.25, 0.3) is 0 Å². The monoisotopic (exact) mass is 518 g/mol. The van der Waals surface area contributed by atoms with Crippen molar-refractivity contribution in [2.75, 3.05) is 36.0 Å². The maximum atomic E-state index is 13.8. The van der Waals surface area contributed by atoms with Gasteiger partial charge in [-0.2, -0.15) is 0 Å². The van der Waals surface area contributed by atoms with Crippen molar-refractivity contribution < 1.29 is 19.0 Å². The second kappa shape index (κ2) is 10.4. The lowest BCUT2D eigenvalue weighted by Gasteiger charge is -2.26. The first-order chi connectivity index (χ1) is 15.8. The molecule has 4 heterocycles. The molecule has 0 aliphatic carbocycles. The highest BCUT2D eigenvalue weighted by Gasteiger charge is 2.43. The molecule has 2 aliphatic rings. The van der Waals surface area contributed by atoms with Crippen molar-refractivity contribution in [3.8, 4) is 0 Å². The van der Waals surface area contributed by atoms with E-state index in [0.29, 0.717) is 35.0 Å². The van der Waals surface area contributed by atoms with E-state index in [9.17, 15) is 19.0 Å². The van der Waals surface area contributed by atoms with Gasteiger partial charge < -0.3 is 20.0 Å². The van der Waals surface area contributed by atoms with Crippen molar-refractivity contribution >= 4 is 34.8 Å². The van der Waals surface area contributed by atoms with Gasteiger partial charge >= 0.3 is 0 Å². The molecule has 2 fully saturated rings. The molecular weight excluding hydrogens is 489 g/mol. The highest BCUT2D eigenvalue weighted by Crippen LogP contribution is 2.33. The van der Waals surface area contributed by atoms with Crippen molar-refractivity contribution in [3.63, 3.8) is 0 Å². The molecule has 2 aromatic rings. The van der Waals surface area contributed by atoms with Gasteiger partial charge in [-0.1, -0.05) is 23.2 Å². The fourth-order valence-corrected chi connectivity index (χ4v) is 4.51. The molecule has 0 saturated carbocycles. The Morgan fingerprint density at radius 2 is 1.09 bits per heavy atom. The van der Waals surface area contributed by atoms with Crippen molar-refractivity contribution in [1.29, 1.82) is 0 Å². The third-order valence-corrected chi connectivity index (χ3v) is 6.61. The smallest absolute Gasteiger partial charge is 0.134 e. The van der Waals surface area contributed by atoms with E-state index in [1.54, 1.807) is 49.6 Å². The van der Waals surface area contributed by atoms with Gasteiger partial charge in [-0.05, 0) is 27.7 Å². The molecule has 0 aromatic carbocycles. The van der Waals surface area contributed by atoms with Crippen LogP contribution < -0.4 is 9.80 Å². The average Bonchev–Trinajstić information content (AvgIpc) is 3.31. The maximum Gasteiger partial charge on any atom is 0.134 e. The van der Waals surface area contributed by atoms with Crippen LogP contribution in [0.3, 0.4) is 0 Å². The van der Waals surface area contributed by atoms with Gasteiger partial charge in [0.2, 0.25) is 0 Å². The van der Waals surface area contributed by atoms with Crippen LogP contribution in [0, 0.1) is 11.8 Å². The second-order valence-electron chi connectivity index (χ2n) is 9.76. The molecule has 0 spiro atoms. The summed E-state index contributed by atoms with van der Waals surface area (Å²) in [6, 6.07) is 3.20. The Kier molecular flexibility index (Phi) is 8.17. The first-order valence-corrected chi connectivity index (χ1v) is 11.7. The first-order valence-electron chi connectivity index (χ1n) is 10.9. The minimum atomic E-state index is -1.07. The molecule has 8 nitrogen and oxygen atoms in total. The SMILES string of the molecule is CC(C)(O)[C@@H]1CN(c2cc(Cl)ncn2)C[C@@H]1F.CC(C)(O)[C@H]1CN(c2cc(Cl)ncn2)C[C@H]1F. The summed E-state index contributed by atoms with van der Waals surface area (Å²) in [4.78, 5) is 19.2.